The second kappa shape index (κ2) is 10.8. The zero-order valence-electron chi connectivity index (χ0n) is 14.4. The molecule has 0 spiro atoms. The van der Waals surface area contributed by atoms with E-state index in [2.05, 4.69) is 36.8 Å². The minimum absolute atomic E-state index is 0.0872. The number of rotatable bonds is 7. The Bertz CT molecular complexity index is 924. The summed E-state index contributed by atoms with van der Waals surface area (Å²) in [6.07, 6.45) is 5.36. The number of nitrogens with zero attached hydrogens (tertiary/aromatic N) is 2. The second-order valence-electron chi connectivity index (χ2n) is 5.75. The highest BCUT2D eigenvalue weighted by Crippen LogP contribution is 2.39. The van der Waals surface area contributed by atoms with E-state index in [1.54, 1.807) is 24.7 Å². The first kappa shape index (κ1) is 21.9. The number of benzene rings is 2. The summed E-state index contributed by atoms with van der Waals surface area (Å²) in [5.74, 6) is 0. The van der Waals surface area contributed by atoms with Crippen molar-refractivity contribution < 1.29 is 8.98 Å². The van der Waals surface area contributed by atoms with Gasteiger partial charge in [-0.15, -0.1) is 0 Å². The normalized spacial score (nSPS) is 12.1. The summed E-state index contributed by atoms with van der Waals surface area (Å²) < 4.78 is 9.28. The van der Waals surface area contributed by atoms with Crippen molar-refractivity contribution in [3.63, 3.8) is 0 Å². The summed E-state index contributed by atoms with van der Waals surface area (Å²) in [4.78, 5) is 16.6. The lowest BCUT2D eigenvalue weighted by atomic mass is 10.1. The number of hydrogen-bond donors (Lipinski definition) is 0. The average Bonchev–Trinajstić information content (AvgIpc) is 3.16. The highest BCUT2D eigenvalue weighted by Gasteiger charge is 2.21. The number of carbonyl (C=O) groups excluding carboxylic acids is 1. The zero-order chi connectivity index (χ0) is 19.9. The summed E-state index contributed by atoms with van der Waals surface area (Å²) >= 11 is 15.0. The number of imidazole rings is 1. The standard InChI is InChI=1S/C19H15Br2ClN2O2S2/c20-14-3-6-16(17(21)9-14)18(10-24-8-7-23-12-24)27-19(25)28-26-11-13-1-4-15(22)5-2-13/h1-9,12,18H,10-11H2. The third kappa shape index (κ3) is 6.64. The van der Waals surface area contributed by atoms with Gasteiger partial charge in [0.1, 0.15) is 0 Å². The molecule has 146 valence electrons. The first-order valence-electron chi connectivity index (χ1n) is 8.16. The molecule has 0 N–H and O–H groups in total. The monoisotopic (exact) mass is 560 g/mol. The molecule has 0 fully saturated rings. The van der Waals surface area contributed by atoms with E-state index >= 15 is 0 Å². The predicted molar refractivity (Wildman–Crippen MR) is 124 cm³/mol. The zero-order valence-corrected chi connectivity index (χ0v) is 20.0. The van der Waals surface area contributed by atoms with Crippen LogP contribution in [0.2, 0.25) is 5.02 Å². The van der Waals surface area contributed by atoms with Gasteiger partial charge in [-0.25, -0.2) is 4.98 Å². The molecule has 3 aromatic rings. The van der Waals surface area contributed by atoms with Crippen LogP contribution in [-0.2, 0) is 17.3 Å². The number of aromatic nitrogens is 2. The van der Waals surface area contributed by atoms with Crippen LogP contribution in [0, 0.1) is 0 Å². The van der Waals surface area contributed by atoms with Crippen LogP contribution in [0.5, 0.6) is 0 Å². The van der Waals surface area contributed by atoms with E-state index in [0.29, 0.717) is 18.2 Å². The Morgan fingerprint density at radius 1 is 1.21 bits per heavy atom. The van der Waals surface area contributed by atoms with Gasteiger partial charge in [-0.2, -0.15) is 0 Å². The van der Waals surface area contributed by atoms with Crippen molar-refractivity contribution in [3.8, 4) is 0 Å². The Morgan fingerprint density at radius 2 is 2.00 bits per heavy atom. The lowest BCUT2D eigenvalue weighted by Gasteiger charge is -2.18. The Kier molecular flexibility index (Phi) is 8.50. The molecule has 0 aliphatic carbocycles. The maximum absolute atomic E-state index is 12.5. The molecule has 0 radical (unpaired) electrons. The number of halogens is 3. The first-order valence-corrected chi connectivity index (χ1v) is 11.7. The van der Waals surface area contributed by atoms with Gasteiger partial charge in [0.05, 0.1) is 30.2 Å². The Balaban J connectivity index is 1.63. The maximum Gasteiger partial charge on any atom is 0.273 e. The molecule has 0 aliphatic heterocycles. The smallest absolute Gasteiger partial charge is 0.273 e. The fourth-order valence-electron chi connectivity index (χ4n) is 2.41. The highest BCUT2D eigenvalue weighted by atomic mass is 79.9. The average molecular weight is 563 g/mol. The van der Waals surface area contributed by atoms with E-state index in [4.69, 9.17) is 15.8 Å². The SMILES string of the molecule is O=C(SOCc1ccc(Cl)cc1)SC(Cn1ccnc1)c1ccc(Br)cc1Br. The van der Waals surface area contributed by atoms with E-state index in [1.165, 1.54) is 11.8 Å². The van der Waals surface area contributed by atoms with Crippen LogP contribution in [0.4, 0.5) is 4.79 Å². The molecule has 1 atom stereocenters. The Labute approximate surface area is 193 Å². The molecule has 1 aromatic heterocycles. The number of thioether (sulfide) groups is 1. The van der Waals surface area contributed by atoms with Gasteiger partial charge in [0.15, 0.2) is 0 Å². The molecule has 1 unspecified atom stereocenters. The van der Waals surface area contributed by atoms with E-state index in [0.717, 1.165) is 32.1 Å². The molecule has 2 aromatic carbocycles. The number of hydrogen-bond acceptors (Lipinski definition) is 5. The molecule has 0 saturated heterocycles. The van der Waals surface area contributed by atoms with Crippen LogP contribution in [0.3, 0.4) is 0 Å². The molecule has 0 saturated carbocycles. The topological polar surface area (TPSA) is 44.1 Å². The van der Waals surface area contributed by atoms with Crippen molar-refractivity contribution in [1.82, 2.24) is 9.55 Å². The molecule has 0 amide bonds. The molecule has 0 aliphatic rings. The third-order valence-corrected chi connectivity index (χ3v) is 6.93. The molecule has 1 heterocycles. The molecular formula is C19H15Br2ClN2O2S2. The van der Waals surface area contributed by atoms with E-state index in [1.807, 2.05) is 41.1 Å². The molecule has 28 heavy (non-hydrogen) atoms. The van der Waals surface area contributed by atoms with Crippen molar-refractivity contribution in [1.29, 1.82) is 0 Å². The van der Waals surface area contributed by atoms with Crippen molar-refractivity contribution >= 4 is 71.7 Å². The van der Waals surface area contributed by atoms with Gasteiger partial charge in [0.25, 0.3) is 4.45 Å². The van der Waals surface area contributed by atoms with E-state index < -0.39 is 0 Å². The van der Waals surface area contributed by atoms with Gasteiger partial charge < -0.3 is 8.75 Å². The highest BCUT2D eigenvalue weighted by molar-refractivity contribution is 9.11. The maximum atomic E-state index is 12.5. The van der Waals surface area contributed by atoms with Crippen molar-refractivity contribution in [3.05, 3.63) is 86.3 Å². The van der Waals surface area contributed by atoms with Gasteiger partial charge in [0.2, 0.25) is 0 Å². The number of carbonyl (C=O) groups is 1. The van der Waals surface area contributed by atoms with Crippen molar-refractivity contribution in [2.75, 3.05) is 0 Å². The molecule has 0 bridgehead atoms. The van der Waals surface area contributed by atoms with Crippen molar-refractivity contribution in [2.45, 2.75) is 18.4 Å². The first-order chi connectivity index (χ1) is 13.5. The van der Waals surface area contributed by atoms with Crippen LogP contribution < -0.4 is 0 Å². The summed E-state index contributed by atoms with van der Waals surface area (Å²) in [6, 6.07) is 13.3. The fraction of sp³-hybridized carbons (Fsp3) is 0.158. The Morgan fingerprint density at radius 3 is 2.68 bits per heavy atom. The van der Waals surface area contributed by atoms with Gasteiger partial charge in [0, 0.05) is 32.9 Å². The summed E-state index contributed by atoms with van der Waals surface area (Å²) in [7, 11) is 0. The van der Waals surface area contributed by atoms with Crippen LogP contribution >= 0.6 is 67.3 Å². The van der Waals surface area contributed by atoms with Gasteiger partial charge in [-0.1, -0.05) is 73.4 Å². The largest absolute Gasteiger partial charge is 0.336 e. The van der Waals surface area contributed by atoms with Crippen LogP contribution in [0.15, 0.2) is 70.1 Å². The van der Waals surface area contributed by atoms with Gasteiger partial charge in [-0.05, 0) is 35.4 Å². The quantitative estimate of drug-likeness (QED) is 0.279. The Hall–Kier alpha value is -0.770. The fourth-order valence-corrected chi connectivity index (χ4v) is 5.76. The van der Waals surface area contributed by atoms with Crippen molar-refractivity contribution in [2.24, 2.45) is 0 Å². The van der Waals surface area contributed by atoms with E-state index in [-0.39, 0.29) is 9.70 Å². The molecule has 3 rings (SSSR count). The van der Waals surface area contributed by atoms with Gasteiger partial charge >= 0.3 is 0 Å². The summed E-state index contributed by atoms with van der Waals surface area (Å²) in [5.41, 5.74) is 1.99. The predicted octanol–water partition coefficient (Wildman–Crippen LogP) is 7.52. The van der Waals surface area contributed by atoms with Crippen LogP contribution in [0.25, 0.3) is 0 Å². The van der Waals surface area contributed by atoms with Crippen LogP contribution in [0.1, 0.15) is 16.4 Å². The molecular weight excluding hydrogens is 548 g/mol. The third-order valence-electron chi connectivity index (χ3n) is 3.75. The van der Waals surface area contributed by atoms with Gasteiger partial charge in [-0.3, -0.25) is 4.79 Å². The lowest BCUT2D eigenvalue weighted by Crippen LogP contribution is -2.07. The second-order valence-corrected chi connectivity index (χ2v) is 10.2. The molecule has 9 heteroatoms. The lowest BCUT2D eigenvalue weighted by molar-refractivity contribution is 0.273. The summed E-state index contributed by atoms with van der Waals surface area (Å²) in [5, 5.41) is 0.585. The summed E-state index contributed by atoms with van der Waals surface area (Å²) in [6.45, 7) is 0.955. The minimum Gasteiger partial charge on any atom is -0.336 e. The van der Waals surface area contributed by atoms with Crippen LogP contribution in [-0.4, -0.2) is 14.0 Å². The minimum atomic E-state index is -0.103. The molecule has 4 nitrogen and oxygen atoms in total. The van der Waals surface area contributed by atoms with E-state index in [9.17, 15) is 4.79 Å².